The maximum absolute atomic E-state index is 11.4. The molecular formula is C15H14ClNO5. The van der Waals surface area contributed by atoms with E-state index in [2.05, 4.69) is 9.72 Å². The first-order chi connectivity index (χ1) is 10.6. The van der Waals surface area contributed by atoms with Gasteiger partial charge >= 0.3 is 11.9 Å². The summed E-state index contributed by atoms with van der Waals surface area (Å²) in [6, 6.07) is 6.87. The monoisotopic (exact) mass is 323 g/mol. The zero-order chi connectivity index (χ0) is 15.9. The van der Waals surface area contributed by atoms with Gasteiger partial charge in [0.1, 0.15) is 17.7 Å². The smallest absolute Gasteiger partial charge is 0.320 e. The molecule has 2 rings (SSSR count). The quantitative estimate of drug-likeness (QED) is 0.462. The van der Waals surface area contributed by atoms with Crippen molar-refractivity contribution < 1.29 is 23.8 Å². The maximum atomic E-state index is 11.4. The van der Waals surface area contributed by atoms with Crippen molar-refractivity contribution in [3.63, 3.8) is 0 Å². The third-order valence-electron chi connectivity index (χ3n) is 2.71. The van der Waals surface area contributed by atoms with Crippen LogP contribution in [0.1, 0.15) is 13.3 Å². The molecule has 0 aliphatic rings. The molecule has 0 N–H and O–H groups in total. The van der Waals surface area contributed by atoms with Gasteiger partial charge in [0.15, 0.2) is 0 Å². The van der Waals surface area contributed by atoms with Crippen molar-refractivity contribution >= 4 is 34.4 Å². The van der Waals surface area contributed by atoms with Gasteiger partial charge in [-0.1, -0.05) is 11.6 Å². The number of ether oxygens (including phenoxy) is 3. The Hall–Kier alpha value is -2.34. The molecule has 22 heavy (non-hydrogen) atoms. The van der Waals surface area contributed by atoms with Crippen LogP contribution in [-0.2, 0) is 19.1 Å². The van der Waals surface area contributed by atoms with Crippen LogP contribution in [-0.4, -0.2) is 30.3 Å². The average molecular weight is 324 g/mol. The van der Waals surface area contributed by atoms with E-state index in [-0.39, 0.29) is 13.4 Å². The Bertz CT molecular complexity index is 689. The van der Waals surface area contributed by atoms with Crippen molar-refractivity contribution in [1.82, 2.24) is 4.98 Å². The normalized spacial score (nSPS) is 10.3. The summed E-state index contributed by atoms with van der Waals surface area (Å²) in [5, 5.41) is 1.29. The number of aromatic nitrogens is 1. The molecule has 0 atom stereocenters. The second-order valence-corrected chi connectivity index (χ2v) is 4.61. The fourth-order valence-corrected chi connectivity index (χ4v) is 1.98. The van der Waals surface area contributed by atoms with Gasteiger partial charge < -0.3 is 14.2 Å². The average Bonchev–Trinajstić information content (AvgIpc) is 2.50. The van der Waals surface area contributed by atoms with Crippen molar-refractivity contribution in [2.24, 2.45) is 0 Å². The summed E-state index contributed by atoms with van der Waals surface area (Å²) in [5.74, 6) is -0.917. The van der Waals surface area contributed by atoms with E-state index in [9.17, 15) is 9.59 Å². The second-order valence-electron chi connectivity index (χ2n) is 4.21. The van der Waals surface area contributed by atoms with Crippen LogP contribution in [0.25, 0.3) is 10.9 Å². The first-order valence-corrected chi connectivity index (χ1v) is 6.97. The van der Waals surface area contributed by atoms with Crippen LogP contribution in [0, 0.1) is 0 Å². The fraction of sp³-hybridized carbons (Fsp3) is 0.267. The molecule has 7 heteroatoms. The third kappa shape index (κ3) is 4.08. The molecule has 0 amide bonds. The Morgan fingerprint density at radius 3 is 2.73 bits per heavy atom. The number of carbonyl (C=O) groups is 2. The van der Waals surface area contributed by atoms with E-state index in [1.54, 1.807) is 31.3 Å². The molecule has 2 aromatic rings. The number of carbonyl (C=O) groups excluding carboxylic acids is 2. The van der Waals surface area contributed by atoms with Crippen LogP contribution in [0.15, 0.2) is 30.5 Å². The van der Waals surface area contributed by atoms with Crippen molar-refractivity contribution in [3.05, 3.63) is 35.5 Å². The Morgan fingerprint density at radius 2 is 1.95 bits per heavy atom. The Labute approximate surface area is 131 Å². The molecule has 6 nitrogen and oxygen atoms in total. The predicted molar refractivity (Wildman–Crippen MR) is 79.6 cm³/mol. The molecule has 0 saturated carbocycles. The summed E-state index contributed by atoms with van der Waals surface area (Å²) in [5.41, 5.74) is 0.566. The number of hydrogen-bond acceptors (Lipinski definition) is 6. The van der Waals surface area contributed by atoms with Crippen molar-refractivity contribution in [2.75, 3.05) is 13.4 Å². The zero-order valence-electron chi connectivity index (χ0n) is 11.9. The minimum Gasteiger partial charge on any atom is -0.466 e. The van der Waals surface area contributed by atoms with Crippen molar-refractivity contribution in [3.8, 4) is 5.75 Å². The highest BCUT2D eigenvalue weighted by atomic mass is 35.5. The number of pyridine rings is 1. The van der Waals surface area contributed by atoms with Gasteiger partial charge in [-0.3, -0.25) is 14.6 Å². The topological polar surface area (TPSA) is 74.7 Å². The molecule has 1 aromatic carbocycles. The zero-order valence-corrected chi connectivity index (χ0v) is 12.6. The van der Waals surface area contributed by atoms with Gasteiger partial charge in [0.25, 0.3) is 0 Å². The highest BCUT2D eigenvalue weighted by molar-refractivity contribution is 6.35. The lowest BCUT2D eigenvalue weighted by Gasteiger charge is -2.10. The molecule has 0 bridgehead atoms. The van der Waals surface area contributed by atoms with Crippen LogP contribution in [0.2, 0.25) is 5.02 Å². The van der Waals surface area contributed by atoms with Gasteiger partial charge in [0.2, 0.25) is 6.79 Å². The molecule has 116 valence electrons. The number of esters is 2. The molecule has 1 aromatic heterocycles. The number of rotatable bonds is 6. The summed E-state index contributed by atoms with van der Waals surface area (Å²) in [6.45, 7) is 1.54. The van der Waals surface area contributed by atoms with E-state index in [0.717, 1.165) is 5.39 Å². The van der Waals surface area contributed by atoms with E-state index in [1.165, 1.54) is 0 Å². The highest BCUT2D eigenvalue weighted by Crippen LogP contribution is 2.29. The number of halogens is 1. The molecule has 0 aliphatic carbocycles. The highest BCUT2D eigenvalue weighted by Gasteiger charge is 2.12. The van der Waals surface area contributed by atoms with Crippen LogP contribution in [0.3, 0.4) is 0 Å². The largest absolute Gasteiger partial charge is 0.466 e. The molecule has 0 spiro atoms. The van der Waals surface area contributed by atoms with Crippen LogP contribution >= 0.6 is 11.6 Å². The van der Waals surface area contributed by atoms with Crippen molar-refractivity contribution in [2.45, 2.75) is 13.3 Å². The predicted octanol–water partition coefficient (Wildman–Crippen LogP) is 2.72. The Kier molecular flexibility index (Phi) is 5.55. The summed E-state index contributed by atoms with van der Waals surface area (Å²) in [7, 11) is 0. The minimum atomic E-state index is -0.718. The van der Waals surface area contributed by atoms with Gasteiger partial charge in [-0.05, 0) is 31.2 Å². The van der Waals surface area contributed by atoms with E-state index in [1.807, 2.05) is 6.07 Å². The molecular weight excluding hydrogens is 310 g/mol. The Balaban J connectivity index is 1.94. The lowest BCUT2D eigenvalue weighted by atomic mass is 10.2. The number of hydrogen-bond donors (Lipinski definition) is 0. The van der Waals surface area contributed by atoms with Gasteiger partial charge in [0.05, 0.1) is 11.6 Å². The van der Waals surface area contributed by atoms with E-state index in [4.69, 9.17) is 21.1 Å². The number of benzene rings is 1. The van der Waals surface area contributed by atoms with E-state index >= 15 is 0 Å². The third-order valence-corrected chi connectivity index (χ3v) is 3.04. The standard InChI is InChI=1S/C15H14ClNO5/c1-2-20-13(18)8-14(19)22-9-21-12-6-5-11(16)10-4-3-7-17-15(10)12/h3-7H,2,8-9H2,1H3. The lowest BCUT2D eigenvalue weighted by molar-refractivity contribution is -0.158. The molecule has 0 aliphatic heterocycles. The Morgan fingerprint density at radius 1 is 1.18 bits per heavy atom. The maximum Gasteiger partial charge on any atom is 0.320 e. The molecule has 0 fully saturated rings. The van der Waals surface area contributed by atoms with Crippen LogP contribution in [0.4, 0.5) is 0 Å². The summed E-state index contributed by atoms with van der Waals surface area (Å²) in [4.78, 5) is 26.7. The number of nitrogens with zero attached hydrogens (tertiary/aromatic N) is 1. The van der Waals surface area contributed by atoms with Gasteiger partial charge in [-0.25, -0.2) is 0 Å². The molecule has 1 heterocycles. The lowest BCUT2D eigenvalue weighted by Crippen LogP contribution is -2.16. The minimum absolute atomic E-state index is 0.213. The molecule has 0 unspecified atom stereocenters. The van der Waals surface area contributed by atoms with Crippen LogP contribution < -0.4 is 4.74 Å². The molecule has 0 saturated heterocycles. The SMILES string of the molecule is CCOC(=O)CC(=O)OCOc1ccc(Cl)c2cccnc12. The van der Waals surface area contributed by atoms with E-state index in [0.29, 0.717) is 16.3 Å². The van der Waals surface area contributed by atoms with Crippen molar-refractivity contribution in [1.29, 1.82) is 0 Å². The van der Waals surface area contributed by atoms with Gasteiger partial charge in [-0.15, -0.1) is 0 Å². The fourth-order valence-electron chi connectivity index (χ4n) is 1.77. The number of fused-ring (bicyclic) bond motifs is 1. The first-order valence-electron chi connectivity index (χ1n) is 6.59. The molecule has 0 radical (unpaired) electrons. The summed E-state index contributed by atoms with van der Waals surface area (Å²) >= 11 is 6.07. The van der Waals surface area contributed by atoms with E-state index < -0.39 is 18.4 Å². The van der Waals surface area contributed by atoms with Crippen LogP contribution in [0.5, 0.6) is 5.75 Å². The van der Waals surface area contributed by atoms with Gasteiger partial charge in [-0.2, -0.15) is 0 Å². The second kappa shape index (κ2) is 7.61. The first kappa shape index (κ1) is 16.0. The van der Waals surface area contributed by atoms with Gasteiger partial charge in [0, 0.05) is 11.6 Å². The summed E-state index contributed by atoms with van der Waals surface area (Å²) < 4.78 is 14.8. The summed E-state index contributed by atoms with van der Waals surface area (Å²) in [6.07, 6.45) is 1.16.